The normalized spacial score (nSPS) is 15.1. The molecule has 2 heterocycles. The average molecular weight is 427 g/mol. The molecule has 0 atom stereocenters. The molecular weight excluding hydrogens is 404 g/mol. The molecule has 8 heteroatoms. The van der Waals surface area contributed by atoms with E-state index >= 15 is 0 Å². The molecule has 0 N–H and O–H groups in total. The predicted octanol–water partition coefficient (Wildman–Crippen LogP) is 3.75. The van der Waals surface area contributed by atoms with Crippen molar-refractivity contribution in [3.8, 4) is 17.1 Å². The molecule has 0 spiro atoms. The minimum absolute atomic E-state index is 0.0273. The number of nitrogens with zero attached hydrogens (tertiary/aromatic N) is 4. The first-order valence-electron chi connectivity index (χ1n) is 9.87. The van der Waals surface area contributed by atoms with Gasteiger partial charge < -0.3 is 14.2 Å². The Hall–Kier alpha value is -2.90. The lowest BCUT2D eigenvalue weighted by atomic mass is 10.2. The number of hydrogen-bond acceptors (Lipinski definition) is 6. The van der Waals surface area contributed by atoms with Crippen LogP contribution in [0.15, 0.2) is 53.1 Å². The molecule has 0 bridgehead atoms. The molecule has 30 heavy (non-hydrogen) atoms. The molecule has 2 aromatic carbocycles. The van der Waals surface area contributed by atoms with Crippen LogP contribution in [0.1, 0.15) is 22.7 Å². The second-order valence-electron chi connectivity index (χ2n) is 7.15. The average Bonchev–Trinajstić information content (AvgIpc) is 3.11. The Morgan fingerprint density at radius 3 is 2.83 bits per heavy atom. The monoisotopic (exact) mass is 426 g/mol. The third-order valence-electron chi connectivity index (χ3n) is 5.13. The summed E-state index contributed by atoms with van der Waals surface area (Å²) in [6, 6.07) is 14.7. The van der Waals surface area contributed by atoms with E-state index in [1.807, 2.05) is 41.3 Å². The number of aromatic nitrogens is 2. The van der Waals surface area contributed by atoms with E-state index in [0.717, 1.165) is 30.8 Å². The van der Waals surface area contributed by atoms with E-state index in [4.69, 9.17) is 20.9 Å². The topological polar surface area (TPSA) is 71.7 Å². The number of halogens is 1. The van der Waals surface area contributed by atoms with Gasteiger partial charge in [0.2, 0.25) is 11.7 Å². The Labute approximate surface area is 180 Å². The van der Waals surface area contributed by atoms with Gasteiger partial charge in [-0.1, -0.05) is 41.0 Å². The van der Waals surface area contributed by atoms with Crippen LogP contribution in [0.5, 0.6) is 5.75 Å². The van der Waals surface area contributed by atoms with Crippen molar-refractivity contribution in [2.24, 2.45) is 0 Å². The third-order valence-corrected chi connectivity index (χ3v) is 5.46. The number of benzene rings is 2. The van der Waals surface area contributed by atoms with Crippen molar-refractivity contribution in [1.82, 2.24) is 19.9 Å². The Morgan fingerprint density at radius 2 is 2.00 bits per heavy atom. The zero-order valence-corrected chi connectivity index (χ0v) is 17.5. The first kappa shape index (κ1) is 20.4. The van der Waals surface area contributed by atoms with Gasteiger partial charge in [-0.2, -0.15) is 4.98 Å². The van der Waals surface area contributed by atoms with E-state index in [-0.39, 0.29) is 5.91 Å². The molecule has 4 rings (SSSR count). The molecule has 0 aliphatic carbocycles. The predicted molar refractivity (Wildman–Crippen MR) is 114 cm³/mol. The summed E-state index contributed by atoms with van der Waals surface area (Å²) in [6.07, 6.45) is 0.868. The van der Waals surface area contributed by atoms with Crippen LogP contribution in [0.25, 0.3) is 11.4 Å². The SMILES string of the molecule is COc1cccc(-c2noc(CN3CCCN(C(=O)c4ccccc4Cl)CC3)n2)c1. The van der Waals surface area contributed by atoms with Crippen molar-refractivity contribution in [3.05, 3.63) is 65.0 Å². The Balaban J connectivity index is 1.38. The van der Waals surface area contributed by atoms with Crippen LogP contribution in [0.3, 0.4) is 0 Å². The summed E-state index contributed by atoms with van der Waals surface area (Å²) in [5.74, 6) is 1.81. The van der Waals surface area contributed by atoms with Gasteiger partial charge in [0.15, 0.2) is 0 Å². The van der Waals surface area contributed by atoms with Gasteiger partial charge in [-0.3, -0.25) is 9.69 Å². The summed E-state index contributed by atoms with van der Waals surface area (Å²) in [6.45, 7) is 3.45. The number of rotatable bonds is 5. The summed E-state index contributed by atoms with van der Waals surface area (Å²) in [4.78, 5) is 21.4. The van der Waals surface area contributed by atoms with Crippen LogP contribution in [0.4, 0.5) is 0 Å². The molecule has 1 aliphatic heterocycles. The fraction of sp³-hybridized carbons (Fsp3) is 0.318. The lowest BCUT2D eigenvalue weighted by Gasteiger charge is -2.21. The van der Waals surface area contributed by atoms with Crippen LogP contribution < -0.4 is 4.74 Å². The standard InChI is InChI=1S/C22H23ClN4O3/c1-29-17-7-4-6-16(14-17)21-24-20(30-25-21)15-26-10-5-11-27(13-12-26)22(28)18-8-2-3-9-19(18)23/h2-4,6-9,14H,5,10-13,15H2,1H3. The van der Waals surface area contributed by atoms with Crippen LogP contribution in [-0.2, 0) is 6.54 Å². The molecule has 1 aromatic heterocycles. The first-order chi connectivity index (χ1) is 14.6. The third kappa shape index (κ3) is 4.63. The van der Waals surface area contributed by atoms with Gasteiger partial charge >= 0.3 is 0 Å². The second kappa shape index (κ2) is 9.28. The van der Waals surface area contributed by atoms with Crippen LogP contribution in [-0.4, -0.2) is 59.1 Å². The number of carbonyl (C=O) groups excluding carboxylic acids is 1. The van der Waals surface area contributed by atoms with Crippen LogP contribution >= 0.6 is 11.6 Å². The van der Waals surface area contributed by atoms with Crippen molar-refractivity contribution in [3.63, 3.8) is 0 Å². The number of methoxy groups -OCH3 is 1. The Kier molecular flexibility index (Phi) is 6.30. The molecule has 1 saturated heterocycles. The van der Waals surface area contributed by atoms with Crippen LogP contribution in [0, 0.1) is 0 Å². The molecule has 1 fully saturated rings. The fourth-order valence-electron chi connectivity index (χ4n) is 3.53. The molecule has 0 saturated carbocycles. The van der Waals surface area contributed by atoms with Gasteiger partial charge in [0.1, 0.15) is 5.75 Å². The van der Waals surface area contributed by atoms with E-state index < -0.39 is 0 Å². The lowest BCUT2D eigenvalue weighted by Crippen LogP contribution is -2.35. The summed E-state index contributed by atoms with van der Waals surface area (Å²) in [7, 11) is 1.62. The number of hydrogen-bond donors (Lipinski definition) is 0. The van der Waals surface area contributed by atoms with Gasteiger partial charge in [0.25, 0.3) is 5.91 Å². The fourth-order valence-corrected chi connectivity index (χ4v) is 3.74. The largest absolute Gasteiger partial charge is 0.497 e. The smallest absolute Gasteiger partial charge is 0.255 e. The molecule has 156 valence electrons. The van der Waals surface area contributed by atoms with Gasteiger partial charge in [0, 0.05) is 31.7 Å². The zero-order valence-electron chi connectivity index (χ0n) is 16.8. The maximum Gasteiger partial charge on any atom is 0.255 e. The number of carbonyl (C=O) groups is 1. The van der Waals surface area contributed by atoms with Crippen molar-refractivity contribution in [2.45, 2.75) is 13.0 Å². The summed E-state index contributed by atoms with van der Waals surface area (Å²) in [5.41, 5.74) is 1.39. The maximum atomic E-state index is 12.8. The van der Waals surface area contributed by atoms with Gasteiger partial charge in [-0.15, -0.1) is 0 Å². The molecule has 3 aromatic rings. The molecule has 0 unspecified atom stereocenters. The Bertz CT molecular complexity index is 1020. The van der Waals surface area contributed by atoms with E-state index in [9.17, 15) is 4.79 Å². The van der Waals surface area contributed by atoms with Crippen LogP contribution in [0.2, 0.25) is 5.02 Å². The highest BCUT2D eigenvalue weighted by Gasteiger charge is 2.23. The molecule has 0 radical (unpaired) electrons. The van der Waals surface area contributed by atoms with E-state index in [0.29, 0.717) is 41.9 Å². The minimum Gasteiger partial charge on any atom is -0.497 e. The summed E-state index contributed by atoms with van der Waals surface area (Å²) in [5, 5.41) is 4.58. The van der Waals surface area contributed by atoms with Crippen molar-refractivity contribution in [2.75, 3.05) is 33.3 Å². The zero-order chi connectivity index (χ0) is 20.9. The number of ether oxygens (including phenoxy) is 1. The highest BCUT2D eigenvalue weighted by atomic mass is 35.5. The van der Waals surface area contributed by atoms with Crippen molar-refractivity contribution >= 4 is 17.5 Å². The highest BCUT2D eigenvalue weighted by Crippen LogP contribution is 2.22. The van der Waals surface area contributed by atoms with Crippen molar-refractivity contribution in [1.29, 1.82) is 0 Å². The van der Waals surface area contributed by atoms with Crippen molar-refractivity contribution < 1.29 is 14.1 Å². The Morgan fingerprint density at radius 1 is 1.13 bits per heavy atom. The lowest BCUT2D eigenvalue weighted by molar-refractivity contribution is 0.0760. The van der Waals surface area contributed by atoms with E-state index in [1.165, 1.54) is 0 Å². The van der Waals surface area contributed by atoms with E-state index in [2.05, 4.69) is 15.0 Å². The minimum atomic E-state index is -0.0273. The van der Waals surface area contributed by atoms with Gasteiger partial charge in [0.05, 0.1) is 24.2 Å². The molecular formula is C22H23ClN4O3. The second-order valence-corrected chi connectivity index (χ2v) is 7.55. The summed E-state index contributed by atoms with van der Waals surface area (Å²) < 4.78 is 10.7. The molecule has 1 amide bonds. The van der Waals surface area contributed by atoms with Gasteiger partial charge in [-0.05, 0) is 30.7 Å². The van der Waals surface area contributed by atoms with E-state index in [1.54, 1.807) is 19.2 Å². The quantitative estimate of drug-likeness (QED) is 0.618. The number of amides is 1. The first-order valence-corrected chi connectivity index (χ1v) is 10.2. The molecule has 1 aliphatic rings. The highest BCUT2D eigenvalue weighted by molar-refractivity contribution is 6.33. The maximum absolute atomic E-state index is 12.8. The molecule has 7 nitrogen and oxygen atoms in total. The van der Waals surface area contributed by atoms with Gasteiger partial charge in [-0.25, -0.2) is 0 Å². The summed E-state index contributed by atoms with van der Waals surface area (Å²) >= 11 is 6.19.